The molecular weight excluding hydrogens is 256 g/mol. The van der Waals surface area contributed by atoms with Gasteiger partial charge < -0.3 is 10.4 Å². The summed E-state index contributed by atoms with van der Waals surface area (Å²) < 4.78 is 0. The van der Waals surface area contributed by atoms with Gasteiger partial charge in [0.25, 0.3) is 0 Å². The molecule has 2 aliphatic rings. The number of hydrogen-bond acceptors (Lipinski definition) is 3. The van der Waals surface area contributed by atoms with Gasteiger partial charge in [0.2, 0.25) is 5.91 Å². The Balaban J connectivity index is 1.68. The minimum Gasteiger partial charge on any atom is -0.481 e. The first-order valence-electron chi connectivity index (χ1n) is 6.75. The van der Waals surface area contributed by atoms with E-state index >= 15 is 0 Å². The van der Waals surface area contributed by atoms with Crippen LogP contribution in [-0.4, -0.2) is 22.0 Å². The van der Waals surface area contributed by atoms with Crippen LogP contribution in [0.2, 0.25) is 0 Å². The lowest BCUT2D eigenvalue weighted by molar-refractivity contribution is -0.147. The summed E-state index contributed by atoms with van der Waals surface area (Å²) in [7, 11) is 0. The third-order valence-electron chi connectivity index (χ3n) is 4.22. The molecule has 5 nitrogen and oxygen atoms in total. The Hall–Kier alpha value is -2.17. The number of aromatic nitrogens is 1. The lowest BCUT2D eigenvalue weighted by Gasteiger charge is -2.23. The van der Waals surface area contributed by atoms with Crippen molar-refractivity contribution in [3.8, 4) is 0 Å². The Labute approximate surface area is 116 Å². The van der Waals surface area contributed by atoms with Crippen molar-refractivity contribution in [1.29, 1.82) is 0 Å². The molecule has 1 aromatic heterocycles. The monoisotopic (exact) mass is 272 g/mol. The van der Waals surface area contributed by atoms with Crippen molar-refractivity contribution in [2.75, 3.05) is 0 Å². The van der Waals surface area contributed by atoms with Crippen LogP contribution in [0.15, 0.2) is 36.5 Å². The number of amides is 1. The van der Waals surface area contributed by atoms with Gasteiger partial charge in [0, 0.05) is 6.20 Å². The summed E-state index contributed by atoms with van der Waals surface area (Å²) in [5, 5.41) is 12.1. The molecule has 1 saturated carbocycles. The van der Waals surface area contributed by atoms with Gasteiger partial charge >= 0.3 is 5.97 Å². The molecule has 0 aromatic carbocycles. The first-order valence-corrected chi connectivity index (χ1v) is 6.75. The molecule has 1 amide bonds. The maximum Gasteiger partial charge on any atom is 0.307 e. The van der Waals surface area contributed by atoms with Crippen LogP contribution in [0, 0.1) is 23.7 Å². The molecule has 1 aromatic rings. The largest absolute Gasteiger partial charge is 0.481 e. The van der Waals surface area contributed by atoms with Crippen molar-refractivity contribution in [3.05, 3.63) is 42.2 Å². The Morgan fingerprint density at radius 1 is 1.25 bits per heavy atom. The number of nitrogens with zero attached hydrogens (tertiary/aromatic N) is 1. The van der Waals surface area contributed by atoms with Gasteiger partial charge in [0.1, 0.15) is 0 Å². The van der Waals surface area contributed by atoms with E-state index in [9.17, 15) is 14.7 Å². The number of aliphatic carboxylic acids is 1. The number of carbonyl (C=O) groups excluding carboxylic acids is 1. The van der Waals surface area contributed by atoms with Gasteiger partial charge in [-0.3, -0.25) is 14.6 Å². The molecule has 1 heterocycles. The second-order valence-electron chi connectivity index (χ2n) is 5.38. The van der Waals surface area contributed by atoms with Crippen LogP contribution in [0.1, 0.15) is 12.1 Å². The minimum atomic E-state index is -0.875. The van der Waals surface area contributed by atoms with Crippen LogP contribution >= 0.6 is 0 Å². The molecule has 3 rings (SSSR count). The van der Waals surface area contributed by atoms with E-state index in [-0.39, 0.29) is 17.7 Å². The van der Waals surface area contributed by atoms with Crippen molar-refractivity contribution in [2.45, 2.75) is 13.0 Å². The summed E-state index contributed by atoms with van der Waals surface area (Å²) in [4.78, 5) is 27.8. The summed E-state index contributed by atoms with van der Waals surface area (Å²) in [6, 6.07) is 5.50. The highest BCUT2D eigenvalue weighted by Crippen LogP contribution is 2.48. The number of pyridine rings is 1. The fourth-order valence-corrected chi connectivity index (χ4v) is 3.31. The predicted molar refractivity (Wildman–Crippen MR) is 71.4 cm³/mol. The van der Waals surface area contributed by atoms with Crippen LogP contribution in [0.3, 0.4) is 0 Å². The van der Waals surface area contributed by atoms with Gasteiger partial charge in [-0.1, -0.05) is 18.2 Å². The number of hydrogen-bond donors (Lipinski definition) is 2. The van der Waals surface area contributed by atoms with E-state index in [1.165, 1.54) is 0 Å². The number of carboxylic acids is 1. The van der Waals surface area contributed by atoms with E-state index in [0.717, 1.165) is 12.1 Å². The Kier molecular flexibility index (Phi) is 3.26. The highest BCUT2D eigenvalue weighted by Gasteiger charge is 2.51. The molecule has 1 fully saturated rings. The molecule has 0 radical (unpaired) electrons. The van der Waals surface area contributed by atoms with E-state index in [1.807, 2.05) is 30.4 Å². The highest BCUT2D eigenvalue weighted by atomic mass is 16.4. The maximum absolute atomic E-state index is 12.3. The molecule has 20 heavy (non-hydrogen) atoms. The number of nitrogens with one attached hydrogen (secondary N) is 1. The molecular formula is C15H16N2O3. The second kappa shape index (κ2) is 5.07. The van der Waals surface area contributed by atoms with E-state index in [2.05, 4.69) is 10.3 Å². The number of allylic oxidation sites excluding steroid dienone is 2. The first kappa shape index (κ1) is 12.8. The van der Waals surface area contributed by atoms with Crippen LogP contribution in [0.25, 0.3) is 0 Å². The molecule has 4 atom stereocenters. The maximum atomic E-state index is 12.3. The third-order valence-corrected chi connectivity index (χ3v) is 4.22. The quantitative estimate of drug-likeness (QED) is 0.808. The topological polar surface area (TPSA) is 79.3 Å². The molecule has 5 heteroatoms. The smallest absolute Gasteiger partial charge is 0.307 e. The normalized spacial score (nSPS) is 30.4. The lowest BCUT2D eigenvalue weighted by Crippen LogP contribution is -2.40. The van der Waals surface area contributed by atoms with Gasteiger partial charge in [-0.15, -0.1) is 0 Å². The summed E-state index contributed by atoms with van der Waals surface area (Å²) >= 11 is 0. The fourth-order valence-electron chi connectivity index (χ4n) is 3.31. The van der Waals surface area contributed by atoms with Crippen molar-refractivity contribution in [1.82, 2.24) is 10.3 Å². The number of rotatable bonds is 4. The first-order chi connectivity index (χ1) is 9.66. The van der Waals surface area contributed by atoms with E-state index < -0.39 is 17.8 Å². The van der Waals surface area contributed by atoms with Crippen LogP contribution in [0.5, 0.6) is 0 Å². The standard InChI is InChI=1S/C15H16N2O3/c18-14(17-8-11-3-1-2-6-16-11)12-9-4-5-10(7-9)13(12)15(19)20/h1-6,9-10,12-13H,7-8H2,(H,17,18)(H,19,20)/t9-,10+,12+,13-/m1/s1. The third kappa shape index (κ3) is 2.19. The van der Waals surface area contributed by atoms with Gasteiger partial charge in [0.05, 0.1) is 24.1 Å². The molecule has 104 valence electrons. The Morgan fingerprint density at radius 3 is 2.65 bits per heavy atom. The van der Waals surface area contributed by atoms with Crippen molar-refractivity contribution < 1.29 is 14.7 Å². The van der Waals surface area contributed by atoms with Gasteiger partial charge in [-0.25, -0.2) is 0 Å². The van der Waals surface area contributed by atoms with Crippen molar-refractivity contribution >= 4 is 11.9 Å². The van der Waals surface area contributed by atoms with Crippen molar-refractivity contribution in [3.63, 3.8) is 0 Å². The zero-order valence-corrected chi connectivity index (χ0v) is 10.9. The molecule has 2 aliphatic carbocycles. The summed E-state index contributed by atoms with van der Waals surface area (Å²) in [5.74, 6) is -2.03. The number of carboxylic acid groups (broad SMARTS) is 1. The minimum absolute atomic E-state index is 0.00287. The molecule has 0 unspecified atom stereocenters. The second-order valence-corrected chi connectivity index (χ2v) is 5.38. The van der Waals surface area contributed by atoms with Gasteiger partial charge in [-0.2, -0.15) is 0 Å². The van der Waals surface area contributed by atoms with Crippen LogP contribution < -0.4 is 5.32 Å². The zero-order valence-electron chi connectivity index (χ0n) is 10.9. The average Bonchev–Trinajstić information content (AvgIpc) is 3.06. The predicted octanol–water partition coefficient (Wildman–Crippen LogP) is 1.22. The number of fused-ring (bicyclic) bond motifs is 2. The molecule has 2 N–H and O–H groups in total. The molecule has 0 saturated heterocycles. The zero-order chi connectivity index (χ0) is 14.1. The Bertz CT molecular complexity index is 555. The fraction of sp³-hybridized carbons (Fsp3) is 0.400. The van der Waals surface area contributed by atoms with Gasteiger partial charge in [0.15, 0.2) is 0 Å². The highest BCUT2D eigenvalue weighted by molar-refractivity contribution is 5.86. The van der Waals surface area contributed by atoms with E-state index in [0.29, 0.717) is 6.54 Å². The number of carbonyl (C=O) groups is 2. The molecule has 0 aliphatic heterocycles. The molecule has 0 spiro atoms. The van der Waals surface area contributed by atoms with Crippen LogP contribution in [-0.2, 0) is 16.1 Å². The summed E-state index contributed by atoms with van der Waals surface area (Å²) in [5.41, 5.74) is 0.770. The summed E-state index contributed by atoms with van der Waals surface area (Å²) in [6.07, 6.45) is 6.36. The molecule has 2 bridgehead atoms. The van der Waals surface area contributed by atoms with Crippen LogP contribution in [0.4, 0.5) is 0 Å². The lowest BCUT2D eigenvalue weighted by atomic mass is 9.82. The van der Waals surface area contributed by atoms with E-state index in [1.54, 1.807) is 6.20 Å². The Morgan fingerprint density at radius 2 is 2.00 bits per heavy atom. The van der Waals surface area contributed by atoms with Crippen molar-refractivity contribution in [2.24, 2.45) is 23.7 Å². The van der Waals surface area contributed by atoms with Gasteiger partial charge in [-0.05, 0) is 30.4 Å². The SMILES string of the molecule is O=C(NCc1ccccn1)[C@@H]1[C@H](C(=O)O)[C@H]2C=C[C@@H]1C2. The summed E-state index contributed by atoms with van der Waals surface area (Å²) in [6.45, 7) is 0.337. The van der Waals surface area contributed by atoms with E-state index in [4.69, 9.17) is 0 Å². The average molecular weight is 272 g/mol.